The van der Waals surface area contributed by atoms with E-state index in [9.17, 15) is 68.1 Å². The number of nitrogens with one attached hydrogen (secondary N) is 8. The van der Waals surface area contributed by atoms with Gasteiger partial charge in [0.2, 0.25) is 47.3 Å². The fourth-order valence-corrected chi connectivity index (χ4v) is 7.22. The molecular formula is C45H82N16O14S. The maximum atomic E-state index is 14.2. The molecule has 0 bridgehead atoms. The number of aliphatic imine (C=N–C) groups is 2. The van der Waals surface area contributed by atoms with Gasteiger partial charge in [-0.3, -0.25) is 62.7 Å². The zero-order chi connectivity index (χ0) is 58.2. The number of hydrogen-bond acceptors (Lipinski definition) is 16. The number of carbonyl (C=O) groups is 11. The monoisotopic (exact) mass is 1100 g/mol. The molecule has 0 heterocycles. The van der Waals surface area contributed by atoms with Crippen molar-refractivity contribution in [2.75, 3.05) is 25.4 Å². The first-order valence-electron chi connectivity index (χ1n) is 24.8. The van der Waals surface area contributed by atoms with Crippen LogP contribution in [0.1, 0.15) is 112 Å². The lowest BCUT2D eigenvalue weighted by molar-refractivity contribution is -0.142. The first-order valence-corrected chi connectivity index (χ1v) is 25.5. The first-order chi connectivity index (χ1) is 35.6. The van der Waals surface area contributed by atoms with Crippen molar-refractivity contribution in [3.8, 4) is 0 Å². The van der Waals surface area contributed by atoms with Crippen LogP contribution in [0.4, 0.5) is 0 Å². The zero-order valence-corrected chi connectivity index (χ0v) is 44.7. The summed E-state index contributed by atoms with van der Waals surface area (Å²) in [6.45, 7) is 8.30. The van der Waals surface area contributed by atoms with Gasteiger partial charge in [-0.1, -0.05) is 34.1 Å². The van der Waals surface area contributed by atoms with Crippen molar-refractivity contribution < 1.29 is 68.1 Å². The lowest BCUT2D eigenvalue weighted by atomic mass is 9.97. The van der Waals surface area contributed by atoms with E-state index in [0.29, 0.717) is 19.3 Å². The second-order valence-corrected chi connectivity index (χ2v) is 18.8. The zero-order valence-electron chi connectivity index (χ0n) is 43.8. The number of thiol groups is 1. The second kappa shape index (κ2) is 36.8. The molecule has 0 unspecified atom stereocenters. The van der Waals surface area contributed by atoms with Crippen molar-refractivity contribution in [2.24, 2.45) is 56.2 Å². The molecule has 30 nitrogen and oxygen atoms in total. The van der Waals surface area contributed by atoms with E-state index in [1.54, 1.807) is 27.7 Å². The predicted octanol–water partition coefficient (Wildman–Crippen LogP) is -5.11. The summed E-state index contributed by atoms with van der Waals surface area (Å²) in [5.41, 5.74) is 33.3. The van der Waals surface area contributed by atoms with Crippen LogP contribution in [-0.2, 0) is 52.7 Å². The van der Waals surface area contributed by atoms with E-state index >= 15 is 0 Å². The molecule has 0 saturated carbocycles. The topological polar surface area (TPSA) is 526 Å². The smallest absolute Gasteiger partial charge is 0.325 e. The number of amides is 8. The van der Waals surface area contributed by atoms with Gasteiger partial charge in [0.1, 0.15) is 48.3 Å². The molecule has 76 heavy (non-hydrogen) atoms. The molecule has 8 amide bonds. The molecule has 0 aromatic rings. The third kappa shape index (κ3) is 28.6. The van der Waals surface area contributed by atoms with E-state index in [-0.39, 0.29) is 81.7 Å². The average molecular weight is 1100 g/mol. The average Bonchev–Trinajstić information content (AvgIpc) is 3.33. The summed E-state index contributed by atoms with van der Waals surface area (Å²) in [6, 6.07) is -13.0. The van der Waals surface area contributed by atoms with Crippen molar-refractivity contribution in [1.29, 1.82) is 0 Å². The van der Waals surface area contributed by atoms with Gasteiger partial charge in [0.25, 0.3) is 0 Å². The number of aliphatic carboxylic acids is 3. The Bertz CT molecular complexity index is 2020. The molecule has 23 N–H and O–H groups in total. The molecule has 10 atom stereocenters. The number of guanidine groups is 2. The van der Waals surface area contributed by atoms with E-state index in [4.69, 9.17) is 34.4 Å². The number of nitrogens with two attached hydrogens (primary N) is 6. The van der Waals surface area contributed by atoms with E-state index < -0.39 is 145 Å². The van der Waals surface area contributed by atoms with Crippen LogP contribution in [0.25, 0.3) is 0 Å². The molecular weight excluding hydrogens is 1020 g/mol. The normalized spacial score (nSPS) is 14.9. The molecule has 0 fully saturated rings. The minimum Gasteiger partial charge on any atom is -0.481 e. The number of hydrogen-bond donors (Lipinski definition) is 18. The highest BCUT2D eigenvalue weighted by molar-refractivity contribution is 7.80. The fraction of sp³-hybridized carbons (Fsp3) is 0.711. The highest BCUT2D eigenvalue weighted by Crippen LogP contribution is 2.13. The van der Waals surface area contributed by atoms with Crippen molar-refractivity contribution in [3.63, 3.8) is 0 Å². The van der Waals surface area contributed by atoms with Crippen LogP contribution in [0.3, 0.4) is 0 Å². The fourth-order valence-electron chi connectivity index (χ4n) is 6.96. The molecule has 0 aliphatic carbocycles. The van der Waals surface area contributed by atoms with Gasteiger partial charge in [0.05, 0.1) is 12.5 Å². The third-order valence-corrected chi connectivity index (χ3v) is 11.8. The quantitative estimate of drug-likeness (QED) is 0.0118. The van der Waals surface area contributed by atoms with Crippen LogP contribution >= 0.6 is 12.6 Å². The molecule has 0 rings (SSSR count). The first kappa shape index (κ1) is 69.0. The molecule has 0 saturated heterocycles. The van der Waals surface area contributed by atoms with Gasteiger partial charge < -0.3 is 92.3 Å². The molecule has 31 heteroatoms. The highest BCUT2D eigenvalue weighted by atomic mass is 32.1. The SMILES string of the molecule is CC[C@H](C)[C@H](NC(=O)[C@@H](N)CCCN=C(N)N)C(=O)N[C@@H](CC(=O)O)C(=O)N[C@@H](CCCN=C(N)N)C(=O)N[C@@H](CCC(=O)O)C(=O)N[C@@H](CCCCN)C(=O)N[C@@H](CC(C)C)C(=O)N[C@@H](CS)C(=O)N[C@@H](C)C(=O)O. The van der Waals surface area contributed by atoms with Crippen molar-refractivity contribution in [2.45, 2.75) is 166 Å². The van der Waals surface area contributed by atoms with Crippen LogP contribution in [0.2, 0.25) is 0 Å². The predicted molar refractivity (Wildman–Crippen MR) is 281 cm³/mol. The number of rotatable bonds is 39. The van der Waals surface area contributed by atoms with Gasteiger partial charge in [-0.05, 0) is 83.1 Å². The van der Waals surface area contributed by atoms with Gasteiger partial charge in [0, 0.05) is 25.3 Å². The Morgan fingerprint density at radius 3 is 1.39 bits per heavy atom. The number of carboxylic acid groups (broad SMARTS) is 3. The van der Waals surface area contributed by atoms with Crippen LogP contribution in [0, 0.1) is 11.8 Å². The maximum absolute atomic E-state index is 14.2. The van der Waals surface area contributed by atoms with E-state index in [1.165, 1.54) is 6.92 Å². The molecule has 0 aliphatic heterocycles. The summed E-state index contributed by atoms with van der Waals surface area (Å²) >= 11 is 4.11. The Morgan fingerprint density at radius 1 is 0.513 bits per heavy atom. The Morgan fingerprint density at radius 2 is 0.947 bits per heavy atom. The number of unbranched alkanes of at least 4 members (excludes halogenated alkanes) is 1. The summed E-state index contributed by atoms with van der Waals surface area (Å²) in [4.78, 5) is 152. The molecule has 0 radical (unpaired) electrons. The lowest BCUT2D eigenvalue weighted by Gasteiger charge is -2.29. The standard InChI is InChI=1S/C45H82N16O14S/c1-6-23(4)34(61-35(66)25(47)11-9-17-52-44(48)49)42(73)59-30(20-33(64)65)40(71)56-27(13-10-18-53-45(50)51)36(67)57-28(14-15-32(62)63)38(69)55-26(12-7-8-16-46)37(68)58-29(19-22(2)3)39(70)60-31(21-76)41(72)54-24(5)43(74)75/h22-31,34,76H,6-21,46-47H2,1-5H3,(H,54,72)(H,55,69)(H,56,71)(H,57,67)(H,58,68)(H,59,73)(H,60,70)(H,61,66)(H,62,63)(H,64,65)(H,74,75)(H4,48,49,52)(H4,50,51,53)/t23-,24-,25-,26-,27-,28-,29-,30-,31-,34-/m0/s1. The van der Waals surface area contributed by atoms with Crippen molar-refractivity contribution >= 4 is 89.7 Å². The molecule has 432 valence electrons. The highest BCUT2D eigenvalue weighted by Gasteiger charge is 2.36. The summed E-state index contributed by atoms with van der Waals surface area (Å²) in [7, 11) is 0. The summed E-state index contributed by atoms with van der Waals surface area (Å²) in [5, 5.41) is 48.1. The molecule has 0 aromatic heterocycles. The molecule has 0 aromatic carbocycles. The summed E-state index contributed by atoms with van der Waals surface area (Å²) in [5.74, 6) is -13.5. The third-order valence-electron chi connectivity index (χ3n) is 11.4. The summed E-state index contributed by atoms with van der Waals surface area (Å²) < 4.78 is 0. The Labute approximate surface area is 446 Å². The van der Waals surface area contributed by atoms with Crippen molar-refractivity contribution in [3.05, 3.63) is 0 Å². The van der Waals surface area contributed by atoms with Crippen LogP contribution < -0.4 is 76.9 Å². The van der Waals surface area contributed by atoms with E-state index in [2.05, 4.69) is 65.1 Å². The molecule has 0 aliphatic rings. The molecule has 0 spiro atoms. The van der Waals surface area contributed by atoms with Gasteiger partial charge in [0.15, 0.2) is 11.9 Å². The van der Waals surface area contributed by atoms with Crippen LogP contribution in [-0.4, -0.2) is 172 Å². The minimum atomic E-state index is -1.86. The Kier molecular flexibility index (Phi) is 33.4. The maximum Gasteiger partial charge on any atom is 0.325 e. The largest absolute Gasteiger partial charge is 0.481 e. The van der Waals surface area contributed by atoms with Gasteiger partial charge in [-0.15, -0.1) is 0 Å². The van der Waals surface area contributed by atoms with E-state index in [1.807, 2.05) is 0 Å². The second-order valence-electron chi connectivity index (χ2n) is 18.4. The number of carbonyl (C=O) groups excluding carboxylic acids is 8. The van der Waals surface area contributed by atoms with Gasteiger partial charge in [-0.25, -0.2) is 0 Å². The van der Waals surface area contributed by atoms with E-state index in [0.717, 1.165) is 0 Å². The van der Waals surface area contributed by atoms with Gasteiger partial charge >= 0.3 is 17.9 Å². The summed E-state index contributed by atoms with van der Waals surface area (Å²) in [6.07, 6.45) is -1.23. The minimum absolute atomic E-state index is 0.0120. The van der Waals surface area contributed by atoms with Crippen LogP contribution in [0.5, 0.6) is 0 Å². The lowest BCUT2D eigenvalue weighted by Crippen LogP contribution is -2.61. The van der Waals surface area contributed by atoms with Gasteiger partial charge in [-0.2, -0.15) is 12.6 Å². The Balaban J connectivity index is 6.88. The van der Waals surface area contributed by atoms with Crippen molar-refractivity contribution in [1.82, 2.24) is 42.5 Å². The number of nitrogens with zero attached hydrogens (tertiary/aromatic N) is 2. The Hall–Kier alpha value is -7.02. The van der Waals surface area contributed by atoms with Crippen LogP contribution in [0.15, 0.2) is 9.98 Å². The number of carboxylic acids is 3.